The van der Waals surface area contributed by atoms with Gasteiger partial charge in [-0.05, 0) is 69.6 Å². The van der Waals surface area contributed by atoms with Gasteiger partial charge in [0, 0.05) is 47.8 Å². The van der Waals surface area contributed by atoms with E-state index in [4.69, 9.17) is 0 Å². The van der Waals surface area contributed by atoms with Crippen LogP contribution in [-0.4, -0.2) is 5.78 Å². The number of nitrogens with zero attached hydrogens (tertiary/aromatic N) is 1. The predicted octanol–water partition coefficient (Wildman–Crippen LogP) is 11.3. The largest absolute Gasteiger partial charge is 0.310 e. The van der Waals surface area contributed by atoms with Crippen LogP contribution in [0, 0.1) is 0 Å². The predicted molar refractivity (Wildman–Crippen MR) is 187 cm³/mol. The molecule has 1 aliphatic heterocycles. The molecule has 8 rings (SSSR count). The van der Waals surface area contributed by atoms with E-state index in [1.165, 1.54) is 48.2 Å². The van der Waals surface area contributed by atoms with E-state index >= 15 is 0 Å². The molecule has 0 saturated carbocycles. The Bertz CT molecular complexity index is 2190. The molecule has 5 aromatic carbocycles. The van der Waals surface area contributed by atoms with Crippen LogP contribution in [0.15, 0.2) is 97.1 Å². The van der Waals surface area contributed by atoms with Crippen LogP contribution >= 0.6 is 11.3 Å². The second kappa shape index (κ2) is 8.92. The zero-order chi connectivity index (χ0) is 30.8. The molecule has 0 N–H and O–H groups in total. The molecule has 1 aliphatic carbocycles. The van der Waals surface area contributed by atoms with Crippen molar-refractivity contribution in [2.24, 2.45) is 0 Å². The van der Waals surface area contributed by atoms with Crippen molar-refractivity contribution < 1.29 is 4.79 Å². The summed E-state index contributed by atoms with van der Waals surface area (Å²) >= 11 is 1.85. The van der Waals surface area contributed by atoms with Crippen LogP contribution in [0.5, 0.6) is 0 Å². The quantitative estimate of drug-likeness (QED) is 0.190. The molecule has 0 unspecified atom stereocenters. The lowest BCUT2D eigenvalue weighted by Gasteiger charge is -2.42. The molecule has 0 fully saturated rings. The van der Waals surface area contributed by atoms with Crippen molar-refractivity contribution in [1.82, 2.24) is 0 Å². The number of hydrogen-bond acceptors (Lipinski definition) is 3. The Balaban J connectivity index is 1.35. The number of thiophene rings is 1. The number of carbonyl (C=O) groups excluding carboxylic acids is 1. The molecule has 0 amide bonds. The summed E-state index contributed by atoms with van der Waals surface area (Å²) in [5.74, 6) is 0.113. The number of rotatable bonds is 1. The first-order valence-electron chi connectivity index (χ1n) is 15.6. The normalized spacial score (nSPS) is 16.4. The molecule has 44 heavy (non-hydrogen) atoms. The lowest BCUT2D eigenvalue weighted by molar-refractivity contribution is 0.103. The van der Waals surface area contributed by atoms with Crippen molar-refractivity contribution in [3.8, 4) is 0 Å². The standard InChI is InChI=1S/C41H37NOS/c1-39(2,3)24-16-18-27-32(20-24)40(4,5)30-19-17-25(21-29(30)38(27)43)42-34-14-10-9-13-31(34)41(6,7)33-22-28-26-12-8-11-15-36(26)44-37(28)23-35(33)42/h8-23H,1-7H3. The molecule has 1 aromatic heterocycles. The average molecular weight is 592 g/mol. The van der Waals surface area contributed by atoms with E-state index in [0.29, 0.717) is 0 Å². The highest BCUT2D eigenvalue weighted by Crippen LogP contribution is 2.54. The van der Waals surface area contributed by atoms with Gasteiger partial charge in [-0.25, -0.2) is 0 Å². The summed E-state index contributed by atoms with van der Waals surface area (Å²) in [4.78, 5) is 16.6. The number of ketones is 1. The molecular weight excluding hydrogens is 555 g/mol. The third-order valence-electron chi connectivity index (χ3n) is 10.2. The van der Waals surface area contributed by atoms with Gasteiger partial charge in [-0.3, -0.25) is 4.79 Å². The molecular formula is C41H37NOS. The summed E-state index contributed by atoms with van der Waals surface area (Å²) in [6.45, 7) is 15.9. The molecule has 2 heterocycles. The number of anilines is 3. The summed E-state index contributed by atoms with van der Waals surface area (Å²) in [5.41, 5.74) is 10.6. The fourth-order valence-corrected chi connectivity index (χ4v) is 8.74. The van der Waals surface area contributed by atoms with Gasteiger partial charge < -0.3 is 4.90 Å². The highest BCUT2D eigenvalue weighted by Gasteiger charge is 2.40. The van der Waals surface area contributed by atoms with Gasteiger partial charge in [-0.1, -0.05) is 109 Å². The topological polar surface area (TPSA) is 20.3 Å². The zero-order valence-corrected chi connectivity index (χ0v) is 27.3. The first-order valence-corrected chi connectivity index (χ1v) is 16.4. The van der Waals surface area contributed by atoms with E-state index < -0.39 is 0 Å². The minimum absolute atomic E-state index is 0.0148. The van der Waals surface area contributed by atoms with E-state index in [2.05, 4.69) is 150 Å². The minimum atomic E-state index is -0.290. The number of hydrogen-bond donors (Lipinski definition) is 0. The first kappa shape index (κ1) is 27.3. The van der Waals surface area contributed by atoms with Gasteiger partial charge >= 0.3 is 0 Å². The van der Waals surface area contributed by atoms with E-state index in [9.17, 15) is 4.79 Å². The van der Waals surface area contributed by atoms with Gasteiger partial charge in [0.15, 0.2) is 5.78 Å². The fourth-order valence-electron chi connectivity index (χ4n) is 7.62. The first-order chi connectivity index (χ1) is 20.9. The molecule has 0 atom stereocenters. The van der Waals surface area contributed by atoms with Gasteiger partial charge in [0.1, 0.15) is 0 Å². The van der Waals surface area contributed by atoms with Gasteiger partial charge in [-0.15, -0.1) is 11.3 Å². The maximum Gasteiger partial charge on any atom is 0.193 e. The van der Waals surface area contributed by atoms with Crippen molar-refractivity contribution in [3.63, 3.8) is 0 Å². The smallest absolute Gasteiger partial charge is 0.193 e. The number of benzene rings is 5. The molecule has 218 valence electrons. The van der Waals surface area contributed by atoms with Crippen LogP contribution in [-0.2, 0) is 16.2 Å². The summed E-state index contributed by atoms with van der Waals surface area (Å²) in [5, 5.41) is 2.62. The molecule has 0 radical (unpaired) electrons. The van der Waals surface area contributed by atoms with E-state index in [0.717, 1.165) is 27.9 Å². The maximum absolute atomic E-state index is 14.2. The second-order valence-electron chi connectivity index (χ2n) is 14.6. The van der Waals surface area contributed by atoms with Crippen LogP contribution in [0.25, 0.3) is 20.2 Å². The van der Waals surface area contributed by atoms with E-state index in [1.54, 1.807) is 0 Å². The van der Waals surface area contributed by atoms with Crippen LogP contribution in [0.3, 0.4) is 0 Å². The van der Waals surface area contributed by atoms with Crippen LogP contribution in [0.2, 0.25) is 0 Å². The third-order valence-corrected chi connectivity index (χ3v) is 11.3. The zero-order valence-electron chi connectivity index (χ0n) is 26.5. The molecule has 2 aliphatic rings. The minimum Gasteiger partial charge on any atom is -0.310 e. The fraction of sp³-hybridized carbons (Fsp3) is 0.244. The van der Waals surface area contributed by atoms with Crippen LogP contribution < -0.4 is 4.90 Å². The molecule has 2 nitrogen and oxygen atoms in total. The summed E-state index contributed by atoms with van der Waals surface area (Å²) in [6, 6.07) is 35.3. The van der Waals surface area contributed by atoms with E-state index in [1.807, 2.05) is 11.3 Å². The summed E-state index contributed by atoms with van der Waals surface area (Å²) in [7, 11) is 0. The molecule has 0 spiro atoms. The van der Waals surface area contributed by atoms with Gasteiger partial charge in [0.05, 0.1) is 11.4 Å². The number of carbonyl (C=O) groups is 1. The monoisotopic (exact) mass is 591 g/mol. The van der Waals surface area contributed by atoms with Crippen molar-refractivity contribution in [1.29, 1.82) is 0 Å². The molecule has 0 saturated heterocycles. The van der Waals surface area contributed by atoms with Crippen LogP contribution in [0.4, 0.5) is 17.1 Å². The lowest BCUT2D eigenvalue weighted by Crippen LogP contribution is -2.32. The Kier molecular flexibility index (Phi) is 5.55. The summed E-state index contributed by atoms with van der Waals surface area (Å²) in [6.07, 6.45) is 0. The highest BCUT2D eigenvalue weighted by atomic mass is 32.1. The van der Waals surface area contributed by atoms with Crippen molar-refractivity contribution in [2.45, 2.75) is 64.7 Å². The molecule has 0 bridgehead atoms. The van der Waals surface area contributed by atoms with Gasteiger partial charge in [0.25, 0.3) is 0 Å². The Morgan fingerprint density at radius 2 is 1.32 bits per heavy atom. The summed E-state index contributed by atoms with van der Waals surface area (Å²) < 4.78 is 2.59. The number of fused-ring (bicyclic) bond motifs is 7. The lowest BCUT2D eigenvalue weighted by atomic mass is 9.67. The Morgan fingerprint density at radius 3 is 2.11 bits per heavy atom. The number of para-hydroxylation sites is 1. The maximum atomic E-state index is 14.2. The van der Waals surface area contributed by atoms with Crippen LogP contribution in [0.1, 0.15) is 92.2 Å². The SMILES string of the molecule is CC(C)(C)c1ccc2c(c1)C(C)(C)c1ccc(N3c4ccccc4C(C)(C)c4cc5c(cc43)sc3ccccc35)cc1C2=O. The van der Waals surface area contributed by atoms with Crippen molar-refractivity contribution in [3.05, 3.63) is 136 Å². The second-order valence-corrected chi connectivity index (χ2v) is 15.7. The van der Waals surface area contributed by atoms with Gasteiger partial charge in [0.2, 0.25) is 0 Å². The Labute approximate surface area is 264 Å². The third kappa shape index (κ3) is 3.69. The average Bonchev–Trinajstić information content (AvgIpc) is 3.36. The Morgan fingerprint density at radius 1 is 0.591 bits per heavy atom. The van der Waals surface area contributed by atoms with E-state index in [-0.39, 0.29) is 22.0 Å². The van der Waals surface area contributed by atoms with Gasteiger partial charge in [-0.2, -0.15) is 0 Å². The Hall–Kier alpha value is -4.21. The van der Waals surface area contributed by atoms with Crippen molar-refractivity contribution in [2.75, 3.05) is 4.90 Å². The molecule has 3 heteroatoms. The highest BCUT2D eigenvalue weighted by molar-refractivity contribution is 7.25. The van der Waals surface area contributed by atoms with Crippen molar-refractivity contribution >= 4 is 54.4 Å². The molecule has 6 aromatic rings.